The van der Waals surface area contributed by atoms with Crippen molar-refractivity contribution in [1.82, 2.24) is 4.98 Å². The fraction of sp³-hybridized carbons (Fsp3) is 0.182. The first-order valence-electron chi connectivity index (χ1n) is 8.88. The largest absolute Gasteiger partial charge is 0.378 e. The molecule has 0 aliphatic carbocycles. The molecule has 130 valence electrons. The lowest BCUT2D eigenvalue weighted by atomic mass is 9.91. The number of aromatic nitrogens is 1. The third kappa shape index (κ3) is 3.06. The lowest BCUT2D eigenvalue weighted by Crippen LogP contribution is -2.44. The maximum atomic E-state index is 13.1. The Hall–Kier alpha value is -3.14. The zero-order valence-corrected chi connectivity index (χ0v) is 14.7. The molecule has 2 atom stereocenters. The lowest BCUT2D eigenvalue weighted by molar-refractivity contribution is 0.0974. The van der Waals surface area contributed by atoms with Gasteiger partial charge in [-0.15, -0.1) is 0 Å². The average Bonchev–Trinajstić information content (AvgIpc) is 2.69. The second-order valence-electron chi connectivity index (χ2n) is 6.62. The van der Waals surface area contributed by atoms with Crippen LogP contribution in [0.25, 0.3) is 0 Å². The van der Waals surface area contributed by atoms with Crippen molar-refractivity contribution in [1.29, 1.82) is 0 Å². The van der Waals surface area contributed by atoms with Crippen LogP contribution in [0.15, 0.2) is 79.1 Å². The number of rotatable bonds is 3. The summed E-state index contributed by atoms with van der Waals surface area (Å²) < 4.78 is 0. The summed E-state index contributed by atoms with van der Waals surface area (Å²) in [5.74, 6) is -0.00351. The molecule has 1 aliphatic rings. The molecule has 4 rings (SSSR count). The topological polar surface area (TPSA) is 45.2 Å². The van der Waals surface area contributed by atoms with Gasteiger partial charge < -0.3 is 10.2 Å². The second kappa shape index (κ2) is 7.00. The number of nitrogens with one attached hydrogen (secondary N) is 1. The van der Waals surface area contributed by atoms with Crippen LogP contribution in [0, 0.1) is 0 Å². The van der Waals surface area contributed by atoms with Crippen LogP contribution in [0.1, 0.15) is 35.3 Å². The predicted molar refractivity (Wildman–Crippen MR) is 104 cm³/mol. The van der Waals surface area contributed by atoms with Gasteiger partial charge in [0.2, 0.25) is 0 Å². The molecular weight excluding hydrogens is 322 g/mol. The highest BCUT2D eigenvalue weighted by atomic mass is 16.2. The van der Waals surface area contributed by atoms with E-state index in [0.29, 0.717) is 5.56 Å². The number of hydrogen-bond acceptors (Lipinski definition) is 3. The highest BCUT2D eigenvalue weighted by molar-refractivity contribution is 6.07. The van der Waals surface area contributed by atoms with E-state index in [4.69, 9.17) is 0 Å². The van der Waals surface area contributed by atoms with Gasteiger partial charge in [0.05, 0.1) is 11.6 Å². The summed E-state index contributed by atoms with van der Waals surface area (Å²) in [5, 5.41) is 3.62. The molecule has 1 N–H and O–H groups in total. The van der Waals surface area contributed by atoms with Crippen LogP contribution < -0.4 is 10.2 Å². The van der Waals surface area contributed by atoms with E-state index in [1.54, 1.807) is 18.5 Å². The molecule has 1 amide bonds. The van der Waals surface area contributed by atoms with Gasteiger partial charge >= 0.3 is 0 Å². The molecule has 0 spiro atoms. The number of anilines is 2. The van der Waals surface area contributed by atoms with Crippen LogP contribution in [-0.2, 0) is 0 Å². The smallest absolute Gasteiger partial charge is 0.260 e. The van der Waals surface area contributed by atoms with E-state index in [-0.39, 0.29) is 18.0 Å². The average molecular weight is 343 g/mol. The summed E-state index contributed by atoms with van der Waals surface area (Å²) >= 11 is 0. The van der Waals surface area contributed by atoms with Gasteiger partial charge in [0.15, 0.2) is 0 Å². The molecule has 0 radical (unpaired) electrons. The minimum absolute atomic E-state index is 0.00351. The van der Waals surface area contributed by atoms with E-state index in [2.05, 4.69) is 35.4 Å². The molecule has 1 aromatic heterocycles. The Balaban J connectivity index is 1.69. The first-order chi connectivity index (χ1) is 12.7. The first kappa shape index (κ1) is 16.3. The second-order valence-corrected chi connectivity index (χ2v) is 6.62. The maximum absolute atomic E-state index is 13.1. The van der Waals surface area contributed by atoms with Crippen LogP contribution >= 0.6 is 0 Å². The van der Waals surface area contributed by atoms with Crippen molar-refractivity contribution in [2.24, 2.45) is 0 Å². The van der Waals surface area contributed by atoms with Gasteiger partial charge in [-0.3, -0.25) is 9.78 Å². The van der Waals surface area contributed by atoms with E-state index < -0.39 is 0 Å². The lowest BCUT2D eigenvalue weighted by Gasteiger charge is -2.40. The Morgan fingerprint density at radius 2 is 1.81 bits per heavy atom. The van der Waals surface area contributed by atoms with Crippen molar-refractivity contribution >= 4 is 17.3 Å². The quantitative estimate of drug-likeness (QED) is 0.751. The summed E-state index contributed by atoms with van der Waals surface area (Å²) in [4.78, 5) is 19.1. The molecular formula is C22H21N3O. The molecule has 2 heterocycles. The number of para-hydroxylation sites is 2. The van der Waals surface area contributed by atoms with E-state index in [1.165, 1.54) is 0 Å². The molecule has 1 aliphatic heterocycles. The van der Waals surface area contributed by atoms with Crippen molar-refractivity contribution in [3.8, 4) is 0 Å². The zero-order valence-electron chi connectivity index (χ0n) is 14.7. The minimum atomic E-state index is -0.00351. The molecule has 0 fully saturated rings. The number of fused-ring (bicyclic) bond motifs is 1. The minimum Gasteiger partial charge on any atom is -0.378 e. The molecule has 0 unspecified atom stereocenters. The van der Waals surface area contributed by atoms with Gasteiger partial charge in [0, 0.05) is 29.8 Å². The Bertz CT molecular complexity index is 896. The number of pyridine rings is 1. The molecule has 2 aromatic carbocycles. The van der Waals surface area contributed by atoms with E-state index in [0.717, 1.165) is 23.4 Å². The SMILES string of the molecule is C[C@H]1C[C@H](Nc2ccccc2)c2ccccc2N1C(=O)c1cccnc1. The van der Waals surface area contributed by atoms with Gasteiger partial charge in [-0.1, -0.05) is 36.4 Å². The Kier molecular flexibility index (Phi) is 4.40. The Labute approximate surface area is 153 Å². The third-order valence-corrected chi connectivity index (χ3v) is 4.83. The number of nitrogens with zero attached hydrogens (tertiary/aromatic N) is 2. The number of amides is 1. The zero-order chi connectivity index (χ0) is 17.9. The van der Waals surface area contributed by atoms with Crippen LogP contribution in [0.2, 0.25) is 0 Å². The van der Waals surface area contributed by atoms with Crippen LogP contribution in [0.4, 0.5) is 11.4 Å². The highest BCUT2D eigenvalue weighted by Crippen LogP contribution is 2.39. The van der Waals surface area contributed by atoms with Gasteiger partial charge in [0.25, 0.3) is 5.91 Å². The molecule has 26 heavy (non-hydrogen) atoms. The normalized spacial score (nSPS) is 18.9. The number of carbonyl (C=O) groups excluding carboxylic acids is 1. The highest BCUT2D eigenvalue weighted by Gasteiger charge is 2.34. The van der Waals surface area contributed by atoms with Crippen LogP contribution in [0.3, 0.4) is 0 Å². The van der Waals surface area contributed by atoms with Crippen molar-refractivity contribution in [3.63, 3.8) is 0 Å². The van der Waals surface area contributed by atoms with Crippen LogP contribution in [-0.4, -0.2) is 16.9 Å². The van der Waals surface area contributed by atoms with Crippen LogP contribution in [0.5, 0.6) is 0 Å². The van der Waals surface area contributed by atoms with E-state index >= 15 is 0 Å². The molecule has 4 heteroatoms. The molecule has 0 saturated carbocycles. The van der Waals surface area contributed by atoms with Gasteiger partial charge in [-0.25, -0.2) is 0 Å². The van der Waals surface area contributed by atoms with Crippen molar-refractivity contribution in [3.05, 3.63) is 90.3 Å². The third-order valence-electron chi connectivity index (χ3n) is 4.83. The van der Waals surface area contributed by atoms with Gasteiger partial charge in [-0.05, 0) is 49.2 Å². The fourth-order valence-electron chi connectivity index (χ4n) is 3.62. The molecule has 3 aromatic rings. The predicted octanol–water partition coefficient (Wildman–Crippen LogP) is 4.67. The number of benzene rings is 2. The Morgan fingerprint density at radius 3 is 2.58 bits per heavy atom. The van der Waals surface area contributed by atoms with E-state index in [9.17, 15) is 4.79 Å². The summed E-state index contributed by atoms with van der Waals surface area (Å²) in [6.07, 6.45) is 4.16. The van der Waals surface area contributed by atoms with Crippen molar-refractivity contribution in [2.45, 2.75) is 25.4 Å². The number of hydrogen-bond donors (Lipinski definition) is 1. The van der Waals surface area contributed by atoms with Gasteiger partial charge in [-0.2, -0.15) is 0 Å². The summed E-state index contributed by atoms with van der Waals surface area (Å²) in [6.45, 7) is 2.10. The van der Waals surface area contributed by atoms with E-state index in [1.807, 2.05) is 47.4 Å². The summed E-state index contributed by atoms with van der Waals surface area (Å²) in [5.41, 5.74) is 3.82. The summed E-state index contributed by atoms with van der Waals surface area (Å²) in [6, 6.07) is 22.2. The van der Waals surface area contributed by atoms with Crippen molar-refractivity contribution in [2.75, 3.05) is 10.2 Å². The maximum Gasteiger partial charge on any atom is 0.260 e. The van der Waals surface area contributed by atoms with Crippen molar-refractivity contribution < 1.29 is 4.79 Å². The first-order valence-corrected chi connectivity index (χ1v) is 8.88. The standard InChI is InChI=1S/C22H21N3O/c1-16-14-20(24-18-9-3-2-4-10-18)19-11-5-6-12-21(19)25(16)22(26)17-8-7-13-23-15-17/h2-13,15-16,20,24H,14H2,1H3/t16-,20-/m0/s1. The molecule has 0 saturated heterocycles. The Morgan fingerprint density at radius 1 is 1.04 bits per heavy atom. The fourth-order valence-corrected chi connectivity index (χ4v) is 3.62. The van der Waals surface area contributed by atoms with Gasteiger partial charge in [0.1, 0.15) is 0 Å². The monoisotopic (exact) mass is 343 g/mol. The molecule has 0 bridgehead atoms. The number of carbonyl (C=O) groups is 1. The summed E-state index contributed by atoms with van der Waals surface area (Å²) in [7, 11) is 0. The molecule has 4 nitrogen and oxygen atoms in total.